The van der Waals surface area contributed by atoms with Gasteiger partial charge in [-0.3, -0.25) is 0 Å². The molecular formula is C11H8F2O2. The van der Waals surface area contributed by atoms with E-state index in [4.69, 9.17) is 6.42 Å². The molecule has 0 aromatic heterocycles. The number of methoxy groups -OCH3 is 1. The molecule has 15 heavy (non-hydrogen) atoms. The van der Waals surface area contributed by atoms with Gasteiger partial charge in [-0.05, 0) is 18.2 Å². The van der Waals surface area contributed by atoms with Gasteiger partial charge in [-0.1, -0.05) is 5.92 Å². The zero-order valence-corrected chi connectivity index (χ0v) is 7.96. The van der Waals surface area contributed by atoms with E-state index in [1.165, 1.54) is 12.1 Å². The highest BCUT2D eigenvalue weighted by atomic mass is 19.3. The van der Waals surface area contributed by atoms with Crippen LogP contribution in [0.2, 0.25) is 0 Å². The molecule has 1 rings (SSSR count). The summed E-state index contributed by atoms with van der Waals surface area (Å²) in [6, 6.07) is 3.76. The summed E-state index contributed by atoms with van der Waals surface area (Å²) in [5, 5.41) is 0. The molecule has 1 aromatic rings. The van der Waals surface area contributed by atoms with Gasteiger partial charge >= 0.3 is 5.97 Å². The fourth-order valence-electron chi connectivity index (χ4n) is 1.13. The minimum atomic E-state index is -2.76. The number of hydrogen-bond acceptors (Lipinski definition) is 2. The van der Waals surface area contributed by atoms with Crippen molar-refractivity contribution in [2.75, 3.05) is 7.11 Å². The highest BCUT2D eigenvalue weighted by Gasteiger charge is 2.18. The first kappa shape index (κ1) is 11.2. The number of ether oxygens (including phenoxy) is 1. The lowest BCUT2D eigenvalue weighted by Gasteiger charge is -2.07. The maximum Gasteiger partial charge on any atom is 0.338 e. The Kier molecular flexibility index (Phi) is 3.40. The third-order valence-electron chi connectivity index (χ3n) is 1.86. The summed E-state index contributed by atoms with van der Waals surface area (Å²) in [5.74, 6) is 1.42. The second-order valence-corrected chi connectivity index (χ2v) is 2.74. The summed E-state index contributed by atoms with van der Waals surface area (Å²) in [7, 11) is 1.13. The van der Waals surface area contributed by atoms with E-state index < -0.39 is 18.0 Å². The van der Waals surface area contributed by atoms with Crippen LogP contribution in [-0.2, 0) is 4.74 Å². The third kappa shape index (κ3) is 2.32. The lowest BCUT2D eigenvalue weighted by atomic mass is 10.0. The molecule has 0 fully saturated rings. The van der Waals surface area contributed by atoms with Crippen molar-refractivity contribution in [2.45, 2.75) is 6.43 Å². The Balaban J connectivity index is 3.28. The van der Waals surface area contributed by atoms with Crippen molar-refractivity contribution >= 4 is 5.97 Å². The summed E-state index contributed by atoms with van der Waals surface area (Å²) in [6.45, 7) is 0. The van der Waals surface area contributed by atoms with Crippen molar-refractivity contribution in [3.63, 3.8) is 0 Å². The van der Waals surface area contributed by atoms with Crippen LogP contribution >= 0.6 is 0 Å². The number of halogens is 2. The molecule has 0 amide bonds. The standard InChI is InChI=1S/C11H8F2O2/c1-3-7-4-5-8(11(14)15-2)9(6-7)10(12)13/h1,4-6,10H,2H3. The maximum absolute atomic E-state index is 12.6. The third-order valence-corrected chi connectivity index (χ3v) is 1.86. The van der Waals surface area contributed by atoms with E-state index in [-0.39, 0.29) is 5.56 Å². The topological polar surface area (TPSA) is 26.3 Å². The van der Waals surface area contributed by atoms with Crippen molar-refractivity contribution in [2.24, 2.45) is 0 Å². The van der Waals surface area contributed by atoms with Crippen LogP contribution in [0, 0.1) is 12.3 Å². The van der Waals surface area contributed by atoms with Crippen molar-refractivity contribution in [1.29, 1.82) is 0 Å². The summed E-state index contributed by atoms with van der Waals surface area (Å²) in [4.78, 5) is 11.1. The molecule has 4 heteroatoms. The fourth-order valence-corrected chi connectivity index (χ4v) is 1.13. The lowest BCUT2D eigenvalue weighted by molar-refractivity contribution is 0.0589. The molecule has 0 spiro atoms. The predicted octanol–water partition coefficient (Wildman–Crippen LogP) is 2.39. The average Bonchev–Trinajstić information content (AvgIpc) is 2.27. The summed E-state index contributed by atoms with van der Waals surface area (Å²) in [6.07, 6.45) is 2.31. The van der Waals surface area contributed by atoms with Crippen molar-refractivity contribution in [1.82, 2.24) is 0 Å². The fraction of sp³-hybridized carbons (Fsp3) is 0.182. The van der Waals surface area contributed by atoms with Gasteiger partial charge in [-0.25, -0.2) is 13.6 Å². The molecule has 0 atom stereocenters. The lowest BCUT2D eigenvalue weighted by Crippen LogP contribution is -2.06. The number of carbonyl (C=O) groups is 1. The molecule has 0 unspecified atom stereocenters. The van der Waals surface area contributed by atoms with Gasteiger partial charge in [-0.2, -0.15) is 0 Å². The Morgan fingerprint density at radius 3 is 2.67 bits per heavy atom. The molecule has 0 radical (unpaired) electrons. The second kappa shape index (κ2) is 4.56. The molecule has 0 aliphatic rings. The molecule has 0 aliphatic heterocycles. The zero-order chi connectivity index (χ0) is 11.4. The number of benzene rings is 1. The first-order valence-electron chi connectivity index (χ1n) is 4.07. The molecule has 0 saturated carbocycles. The summed E-state index contributed by atoms with van der Waals surface area (Å²) >= 11 is 0. The number of rotatable bonds is 2. The van der Waals surface area contributed by atoms with Gasteiger partial charge in [0.25, 0.3) is 6.43 Å². The van der Waals surface area contributed by atoms with Gasteiger partial charge in [-0.15, -0.1) is 6.42 Å². The number of alkyl halides is 2. The molecule has 0 N–H and O–H groups in total. The Hall–Kier alpha value is -1.89. The zero-order valence-electron chi connectivity index (χ0n) is 7.96. The first-order chi connectivity index (χ1) is 7.10. The Morgan fingerprint density at radius 2 is 2.20 bits per heavy atom. The minimum Gasteiger partial charge on any atom is -0.465 e. The molecule has 0 aliphatic carbocycles. The van der Waals surface area contributed by atoms with Crippen LogP contribution < -0.4 is 0 Å². The molecule has 78 valence electrons. The Morgan fingerprint density at radius 1 is 1.53 bits per heavy atom. The van der Waals surface area contributed by atoms with Gasteiger partial charge in [0.05, 0.1) is 12.7 Å². The summed E-state index contributed by atoms with van der Waals surface area (Å²) in [5.41, 5.74) is -0.262. The highest BCUT2D eigenvalue weighted by molar-refractivity contribution is 5.91. The van der Waals surface area contributed by atoms with E-state index in [2.05, 4.69) is 10.7 Å². The van der Waals surface area contributed by atoms with Crippen LogP contribution in [0.15, 0.2) is 18.2 Å². The smallest absolute Gasteiger partial charge is 0.338 e. The number of carbonyl (C=O) groups excluding carboxylic acids is 1. The van der Waals surface area contributed by atoms with Gasteiger partial charge in [0, 0.05) is 11.1 Å². The second-order valence-electron chi connectivity index (χ2n) is 2.74. The van der Waals surface area contributed by atoms with E-state index in [9.17, 15) is 13.6 Å². The van der Waals surface area contributed by atoms with Crippen molar-refractivity contribution < 1.29 is 18.3 Å². The number of terminal acetylenes is 1. The first-order valence-corrected chi connectivity index (χ1v) is 4.07. The van der Waals surface area contributed by atoms with Gasteiger partial charge in [0.2, 0.25) is 0 Å². The molecular weight excluding hydrogens is 202 g/mol. The normalized spacial score (nSPS) is 9.80. The van der Waals surface area contributed by atoms with Gasteiger partial charge in [0.1, 0.15) is 0 Å². The highest BCUT2D eigenvalue weighted by Crippen LogP contribution is 2.24. The monoisotopic (exact) mass is 210 g/mol. The van der Waals surface area contributed by atoms with Crippen molar-refractivity contribution in [3.05, 3.63) is 34.9 Å². The summed E-state index contributed by atoms with van der Waals surface area (Å²) < 4.78 is 29.5. The van der Waals surface area contributed by atoms with E-state index in [1.54, 1.807) is 0 Å². The van der Waals surface area contributed by atoms with Gasteiger partial charge < -0.3 is 4.74 Å². The maximum atomic E-state index is 12.6. The van der Waals surface area contributed by atoms with Crippen LogP contribution in [0.1, 0.15) is 27.9 Å². The predicted molar refractivity (Wildman–Crippen MR) is 50.7 cm³/mol. The van der Waals surface area contributed by atoms with Crippen LogP contribution in [0.5, 0.6) is 0 Å². The SMILES string of the molecule is C#Cc1ccc(C(=O)OC)c(C(F)F)c1. The largest absolute Gasteiger partial charge is 0.465 e. The quantitative estimate of drug-likeness (QED) is 0.553. The average molecular weight is 210 g/mol. The molecule has 0 saturated heterocycles. The van der Waals surface area contributed by atoms with Gasteiger partial charge in [0.15, 0.2) is 0 Å². The van der Waals surface area contributed by atoms with E-state index in [0.717, 1.165) is 13.2 Å². The van der Waals surface area contributed by atoms with Crippen LogP contribution in [0.4, 0.5) is 8.78 Å². The van der Waals surface area contributed by atoms with E-state index >= 15 is 0 Å². The minimum absolute atomic E-state index is 0.161. The number of hydrogen-bond donors (Lipinski definition) is 0. The number of esters is 1. The molecule has 0 heterocycles. The Bertz CT molecular complexity index is 419. The van der Waals surface area contributed by atoms with E-state index in [1.807, 2.05) is 0 Å². The Labute approximate surface area is 85.9 Å². The molecule has 2 nitrogen and oxygen atoms in total. The van der Waals surface area contributed by atoms with Crippen molar-refractivity contribution in [3.8, 4) is 12.3 Å². The van der Waals surface area contributed by atoms with Crippen LogP contribution in [0.25, 0.3) is 0 Å². The van der Waals surface area contributed by atoms with E-state index in [0.29, 0.717) is 5.56 Å². The van der Waals surface area contributed by atoms with Crippen LogP contribution in [0.3, 0.4) is 0 Å². The molecule has 0 bridgehead atoms. The van der Waals surface area contributed by atoms with Crippen LogP contribution in [-0.4, -0.2) is 13.1 Å². The molecule has 1 aromatic carbocycles.